The Morgan fingerprint density at radius 1 is 1.45 bits per heavy atom. The first-order chi connectivity index (χ1) is 5.36. The summed E-state index contributed by atoms with van der Waals surface area (Å²) in [5.74, 6) is 1.20. The lowest BCUT2D eigenvalue weighted by Gasteiger charge is -2.20. The predicted molar refractivity (Wildman–Crippen MR) is 40.9 cm³/mol. The molecule has 2 nitrogen and oxygen atoms in total. The van der Waals surface area contributed by atoms with Gasteiger partial charge >= 0.3 is 0 Å². The highest BCUT2D eigenvalue weighted by atomic mass is 16.3. The number of hydrogen-bond donors (Lipinski definition) is 1. The molecule has 1 N–H and O–H groups in total. The molecule has 2 aliphatic carbocycles. The van der Waals surface area contributed by atoms with Gasteiger partial charge in [-0.05, 0) is 24.2 Å². The minimum atomic E-state index is 0.0926. The van der Waals surface area contributed by atoms with Crippen molar-refractivity contribution in [3.63, 3.8) is 0 Å². The van der Waals surface area contributed by atoms with Crippen molar-refractivity contribution in [3.8, 4) is 0 Å². The van der Waals surface area contributed by atoms with Crippen LogP contribution >= 0.6 is 0 Å². The second kappa shape index (κ2) is 2.45. The fourth-order valence-corrected chi connectivity index (χ4v) is 2.42. The number of carbonyl (C=O) groups excluding carboxylic acids is 1. The van der Waals surface area contributed by atoms with Gasteiger partial charge in [0.1, 0.15) is 6.29 Å². The molecule has 0 aromatic carbocycles. The average molecular weight is 152 g/mol. The molecule has 0 amide bonds. The van der Waals surface area contributed by atoms with Crippen LogP contribution in [-0.4, -0.2) is 18.0 Å². The van der Waals surface area contributed by atoms with Crippen LogP contribution in [-0.2, 0) is 4.79 Å². The van der Waals surface area contributed by atoms with Crippen molar-refractivity contribution in [2.45, 2.75) is 6.42 Å². The summed E-state index contributed by atoms with van der Waals surface area (Å²) in [4.78, 5) is 10.6. The van der Waals surface area contributed by atoms with Gasteiger partial charge in [0.25, 0.3) is 0 Å². The number of hydrogen-bond acceptors (Lipinski definition) is 2. The molecule has 0 spiro atoms. The van der Waals surface area contributed by atoms with E-state index in [4.69, 9.17) is 5.11 Å². The number of aldehydes is 1. The normalized spacial score (nSPS) is 46.6. The van der Waals surface area contributed by atoms with E-state index in [-0.39, 0.29) is 18.4 Å². The van der Waals surface area contributed by atoms with Crippen LogP contribution in [0.1, 0.15) is 6.42 Å². The minimum absolute atomic E-state index is 0.0926. The molecular weight excluding hydrogens is 140 g/mol. The molecule has 0 aromatic heterocycles. The molecule has 2 rings (SSSR count). The maximum atomic E-state index is 10.6. The van der Waals surface area contributed by atoms with Crippen molar-refractivity contribution >= 4 is 6.29 Å². The lowest BCUT2D eigenvalue weighted by atomic mass is 9.85. The van der Waals surface area contributed by atoms with Crippen LogP contribution in [0, 0.1) is 23.7 Å². The van der Waals surface area contributed by atoms with Crippen LogP contribution < -0.4 is 0 Å². The average Bonchev–Trinajstić information content (AvgIpc) is 2.60. The molecule has 0 aliphatic heterocycles. The van der Waals surface area contributed by atoms with Gasteiger partial charge in [-0.1, -0.05) is 12.2 Å². The fourth-order valence-electron chi connectivity index (χ4n) is 2.42. The first-order valence-corrected chi connectivity index (χ1v) is 4.11. The van der Waals surface area contributed by atoms with Crippen molar-refractivity contribution in [2.24, 2.45) is 23.7 Å². The summed E-state index contributed by atoms with van der Waals surface area (Å²) in [7, 11) is 0. The minimum Gasteiger partial charge on any atom is -0.396 e. The van der Waals surface area contributed by atoms with E-state index < -0.39 is 0 Å². The van der Waals surface area contributed by atoms with Gasteiger partial charge in [-0.3, -0.25) is 0 Å². The standard InChI is InChI=1S/C9H12O2/c10-4-8-6-1-2-7(3-6)9(8)5-11/h1-2,4,6-9,11H,3,5H2/t6?,7-,8?,9?/m1/s1. The second-order valence-electron chi connectivity index (χ2n) is 3.51. The first-order valence-electron chi connectivity index (χ1n) is 4.11. The lowest BCUT2D eigenvalue weighted by molar-refractivity contribution is -0.113. The third-order valence-electron chi connectivity index (χ3n) is 3.06. The van der Waals surface area contributed by atoms with E-state index in [1.54, 1.807) is 0 Å². The fraction of sp³-hybridized carbons (Fsp3) is 0.667. The molecule has 4 atom stereocenters. The van der Waals surface area contributed by atoms with Crippen molar-refractivity contribution < 1.29 is 9.90 Å². The number of rotatable bonds is 2. The van der Waals surface area contributed by atoms with Crippen molar-refractivity contribution in [2.75, 3.05) is 6.61 Å². The Hall–Kier alpha value is -0.630. The molecule has 0 saturated heterocycles. The van der Waals surface area contributed by atoms with Gasteiger partial charge in [0.2, 0.25) is 0 Å². The molecule has 11 heavy (non-hydrogen) atoms. The monoisotopic (exact) mass is 152 g/mol. The SMILES string of the molecule is O=CC1C2C=C[C@H](C2)C1CO. The zero-order valence-electron chi connectivity index (χ0n) is 6.31. The molecule has 0 heterocycles. The van der Waals surface area contributed by atoms with Gasteiger partial charge in [-0.25, -0.2) is 0 Å². The van der Waals surface area contributed by atoms with E-state index in [2.05, 4.69) is 12.2 Å². The number of aliphatic hydroxyl groups is 1. The Labute approximate surface area is 65.9 Å². The summed E-state index contributed by atoms with van der Waals surface area (Å²) < 4.78 is 0. The molecule has 2 aliphatic rings. The lowest BCUT2D eigenvalue weighted by Crippen LogP contribution is -2.23. The quantitative estimate of drug-likeness (QED) is 0.465. The van der Waals surface area contributed by atoms with Crippen LogP contribution in [0.4, 0.5) is 0 Å². The number of fused-ring (bicyclic) bond motifs is 2. The predicted octanol–water partition coefficient (Wildman–Crippen LogP) is 0.616. The summed E-state index contributed by atoms with van der Waals surface area (Å²) in [5.41, 5.74) is 0. The maximum absolute atomic E-state index is 10.6. The molecule has 1 saturated carbocycles. The molecule has 0 radical (unpaired) electrons. The Kier molecular flexibility index (Phi) is 1.57. The third kappa shape index (κ3) is 0.857. The van der Waals surface area contributed by atoms with Crippen LogP contribution in [0.3, 0.4) is 0 Å². The van der Waals surface area contributed by atoms with Gasteiger partial charge < -0.3 is 9.90 Å². The van der Waals surface area contributed by atoms with Crippen LogP contribution in [0.25, 0.3) is 0 Å². The molecular formula is C9H12O2. The highest BCUT2D eigenvalue weighted by Crippen LogP contribution is 2.46. The van der Waals surface area contributed by atoms with Gasteiger partial charge in [0.15, 0.2) is 0 Å². The zero-order valence-corrected chi connectivity index (χ0v) is 6.31. The highest BCUT2D eigenvalue weighted by Gasteiger charge is 2.43. The maximum Gasteiger partial charge on any atom is 0.124 e. The van der Waals surface area contributed by atoms with Crippen LogP contribution in [0.5, 0.6) is 0 Å². The van der Waals surface area contributed by atoms with Crippen LogP contribution in [0.15, 0.2) is 12.2 Å². The molecule has 0 aromatic rings. The second-order valence-corrected chi connectivity index (χ2v) is 3.51. The van der Waals surface area contributed by atoms with Crippen molar-refractivity contribution in [1.29, 1.82) is 0 Å². The Morgan fingerprint density at radius 2 is 2.18 bits per heavy atom. The van der Waals surface area contributed by atoms with Gasteiger partial charge in [0.05, 0.1) is 0 Å². The summed E-state index contributed by atoms with van der Waals surface area (Å²) >= 11 is 0. The zero-order chi connectivity index (χ0) is 7.84. The Balaban J connectivity index is 2.21. The topological polar surface area (TPSA) is 37.3 Å². The molecule has 2 heteroatoms. The number of aliphatic hydroxyl groups excluding tert-OH is 1. The van der Waals surface area contributed by atoms with E-state index in [1.807, 2.05) is 0 Å². The summed E-state index contributed by atoms with van der Waals surface area (Å²) in [6.07, 6.45) is 6.35. The molecule has 2 bridgehead atoms. The van der Waals surface area contributed by atoms with E-state index in [9.17, 15) is 4.79 Å². The van der Waals surface area contributed by atoms with E-state index >= 15 is 0 Å². The number of carbonyl (C=O) groups is 1. The van der Waals surface area contributed by atoms with Crippen LogP contribution in [0.2, 0.25) is 0 Å². The van der Waals surface area contributed by atoms with Gasteiger partial charge in [0, 0.05) is 12.5 Å². The van der Waals surface area contributed by atoms with Crippen molar-refractivity contribution in [3.05, 3.63) is 12.2 Å². The Bertz CT molecular complexity index is 198. The van der Waals surface area contributed by atoms with E-state index in [0.29, 0.717) is 11.8 Å². The third-order valence-corrected chi connectivity index (χ3v) is 3.06. The van der Waals surface area contributed by atoms with Crippen molar-refractivity contribution in [1.82, 2.24) is 0 Å². The summed E-state index contributed by atoms with van der Waals surface area (Å²) in [6, 6.07) is 0. The smallest absolute Gasteiger partial charge is 0.124 e. The largest absolute Gasteiger partial charge is 0.396 e. The van der Waals surface area contributed by atoms with Gasteiger partial charge in [-0.2, -0.15) is 0 Å². The summed E-state index contributed by atoms with van der Waals surface area (Å²) in [5, 5.41) is 9.00. The summed E-state index contributed by atoms with van der Waals surface area (Å²) in [6.45, 7) is 0.162. The molecule has 3 unspecified atom stereocenters. The van der Waals surface area contributed by atoms with E-state index in [0.717, 1.165) is 12.7 Å². The molecule has 1 fully saturated rings. The number of allylic oxidation sites excluding steroid dienone is 2. The first kappa shape index (κ1) is 7.04. The van der Waals surface area contributed by atoms with Gasteiger partial charge in [-0.15, -0.1) is 0 Å². The Morgan fingerprint density at radius 3 is 2.73 bits per heavy atom. The van der Waals surface area contributed by atoms with E-state index in [1.165, 1.54) is 0 Å². The highest BCUT2D eigenvalue weighted by molar-refractivity contribution is 5.57. The molecule has 60 valence electrons.